The molecular formula is C13H19F2NO3. The third-order valence-electron chi connectivity index (χ3n) is 2.54. The van der Waals surface area contributed by atoms with Gasteiger partial charge in [-0.05, 0) is 31.4 Å². The fourth-order valence-electron chi connectivity index (χ4n) is 1.62. The number of hydrogen-bond acceptors (Lipinski definition) is 4. The van der Waals surface area contributed by atoms with Crippen LogP contribution in [0.1, 0.15) is 19.3 Å². The number of alkyl halides is 2. The van der Waals surface area contributed by atoms with E-state index in [4.69, 9.17) is 9.84 Å². The summed E-state index contributed by atoms with van der Waals surface area (Å²) in [5.41, 5.74) is 0.695. The lowest BCUT2D eigenvalue weighted by atomic mass is 10.2. The number of methoxy groups -OCH3 is 1. The van der Waals surface area contributed by atoms with Gasteiger partial charge in [-0.2, -0.15) is 8.78 Å². The normalized spacial score (nSPS) is 10.6. The average Bonchev–Trinajstić information content (AvgIpc) is 2.38. The first-order valence-electron chi connectivity index (χ1n) is 6.15. The molecule has 1 aromatic rings. The molecule has 1 aromatic carbocycles. The molecule has 108 valence electrons. The summed E-state index contributed by atoms with van der Waals surface area (Å²) in [6, 6.07) is 4.80. The van der Waals surface area contributed by atoms with Crippen LogP contribution in [0.15, 0.2) is 18.2 Å². The number of halogens is 2. The molecule has 0 saturated heterocycles. The first kappa shape index (κ1) is 15.5. The largest absolute Gasteiger partial charge is 0.493 e. The standard InChI is InChI=1S/C13H19F2NO3/c1-18-11-6-5-10(9-12(11)19-13(14)15)16-7-3-2-4-8-17/h5-6,9,13,16-17H,2-4,7-8H2,1H3. The minimum Gasteiger partial charge on any atom is -0.493 e. The van der Waals surface area contributed by atoms with Crippen LogP contribution in [0.3, 0.4) is 0 Å². The summed E-state index contributed by atoms with van der Waals surface area (Å²) >= 11 is 0. The molecule has 0 saturated carbocycles. The number of rotatable bonds is 9. The molecule has 0 unspecified atom stereocenters. The Hall–Kier alpha value is -1.56. The van der Waals surface area contributed by atoms with E-state index in [1.807, 2.05) is 0 Å². The second-order valence-electron chi connectivity index (χ2n) is 3.96. The predicted molar refractivity (Wildman–Crippen MR) is 69.1 cm³/mol. The Bertz CT molecular complexity index is 375. The smallest absolute Gasteiger partial charge is 0.387 e. The van der Waals surface area contributed by atoms with Crippen LogP contribution in [0.25, 0.3) is 0 Å². The fraction of sp³-hybridized carbons (Fsp3) is 0.538. The summed E-state index contributed by atoms with van der Waals surface area (Å²) in [6.45, 7) is -1.98. The van der Waals surface area contributed by atoms with Gasteiger partial charge in [-0.25, -0.2) is 0 Å². The minimum atomic E-state index is -2.88. The van der Waals surface area contributed by atoms with E-state index < -0.39 is 6.61 Å². The summed E-state index contributed by atoms with van der Waals surface area (Å²) in [4.78, 5) is 0. The molecule has 2 N–H and O–H groups in total. The van der Waals surface area contributed by atoms with E-state index in [0.29, 0.717) is 12.2 Å². The number of unbranched alkanes of at least 4 members (excludes halogenated alkanes) is 2. The highest BCUT2D eigenvalue weighted by Gasteiger charge is 2.11. The van der Waals surface area contributed by atoms with E-state index in [2.05, 4.69) is 10.1 Å². The maximum Gasteiger partial charge on any atom is 0.387 e. The summed E-state index contributed by atoms with van der Waals surface area (Å²) in [5.74, 6) is 0.281. The van der Waals surface area contributed by atoms with Gasteiger partial charge in [0.25, 0.3) is 0 Å². The Kier molecular flexibility index (Phi) is 6.95. The number of benzene rings is 1. The highest BCUT2D eigenvalue weighted by Crippen LogP contribution is 2.31. The number of hydrogen-bond donors (Lipinski definition) is 2. The lowest BCUT2D eigenvalue weighted by molar-refractivity contribution is -0.0511. The van der Waals surface area contributed by atoms with Crippen molar-refractivity contribution < 1.29 is 23.4 Å². The average molecular weight is 275 g/mol. The molecule has 19 heavy (non-hydrogen) atoms. The quantitative estimate of drug-likeness (QED) is 0.680. The molecule has 1 rings (SSSR count). The lowest BCUT2D eigenvalue weighted by Gasteiger charge is -2.12. The molecule has 0 amide bonds. The lowest BCUT2D eigenvalue weighted by Crippen LogP contribution is -2.06. The molecule has 0 radical (unpaired) electrons. The summed E-state index contributed by atoms with van der Waals surface area (Å²) in [7, 11) is 1.40. The first-order valence-corrected chi connectivity index (χ1v) is 6.15. The highest BCUT2D eigenvalue weighted by atomic mass is 19.3. The van der Waals surface area contributed by atoms with Gasteiger partial charge in [0.1, 0.15) is 0 Å². The van der Waals surface area contributed by atoms with E-state index in [1.165, 1.54) is 13.2 Å². The zero-order chi connectivity index (χ0) is 14.1. The highest BCUT2D eigenvalue weighted by molar-refractivity contribution is 5.54. The van der Waals surface area contributed by atoms with Crippen molar-refractivity contribution in [1.29, 1.82) is 0 Å². The SMILES string of the molecule is COc1ccc(NCCCCCO)cc1OC(F)F. The van der Waals surface area contributed by atoms with Gasteiger partial charge in [-0.15, -0.1) is 0 Å². The van der Waals surface area contributed by atoms with Crippen LogP contribution in [-0.4, -0.2) is 32.0 Å². The molecule has 6 heteroatoms. The van der Waals surface area contributed by atoms with Crippen LogP contribution >= 0.6 is 0 Å². The van der Waals surface area contributed by atoms with E-state index >= 15 is 0 Å². The molecule has 0 fully saturated rings. The molecule has 0 aliphatic rings. The molecule has 0 bridgehead atoms. The molecule has 0 spiro atoms. The van der Waals surface area contributed by atoms with Crippen molar-refractivity contribution in [2.75, 3.05) is 25.6 Å². The zero-order valence-electron chi connectivity index (χ0n) is 10.9. The Morgan fingerprint density at radius 3 is 2.63 bits per heavy atom. The molecule has 0 heterocycles. The fourth-order valence-corrected chi connectivity index (χ4v) is 1.62. The van der Waals surface area contributed by atoms with Gasteiger partial charge < -0.3 is 19.9 Å². The van der Waals surface area contributed by atoms with Crippen molar-refractivity contribution in [3.63, 3.8) is 0 Å². The van der Waals surface area contributed by atoms with Crippen LogP contribution in [0.2, 0.25) is 0 Å². The summed E-state index contributed by atoms with van der Waals surface area (Å²) < 4.78 is 33.8. The minimum absolute atomic E-state index is 0.0119. The van der Waals surface area contributed by atoms with Gasteiger partial charge in [0.2, 0.25) is 0 Å². The van der Waals surface area contributed by atoms with Crippen LogP contribution in [0, 0.1) is 0 Å². The summed E-state index contributed by atoms with van der Waals surface area (Å²) in [6.07, 6.45) is 2.59. The van der Waals surface area contributed by atoms with Gasteiger partial charge in [-0.3, -0.25) is 0 Å². The van der Waals surface area contributed by atoms with Gasteiger partial charge >= 0.3 is 6.61 Å². The first-order chi connectivity index (χ1) is 9.17. The number of aliphatic hydroxyl groups excluding tert-OH is 1. The molecule has 0 aliphatic heterocycles. The van der Waals surface area contributed by atoms with Gasteiger partial charge in [0, 0.05) is 24.9 Å². The second kappa shape index (κ2) is 8.53. The zero-order valence-corrected chi connectivity index (χ0v) is 10.9. The van der Waals surface area contributed by atoms with Gasteiger partial charge in [0.15, 0.2) is 11.5 Å². The van der Waals surface area contributed by atoms with Gasteiger partial charge in [-0.1, -0.05) is 0 Å². The van der Waals surface area contributed by atoms with Crippen molar-refractivity contribution >= 4 is 5.69 Å². The molecular weight excluding hydrogens is 256 g/mol. The number of ether oxygens (including phenoxy) is 2. The number of anilines is 1. The number of aliphatic hydroxyl groups is 1. The van der Waals surface area contributed by atoms with Crippen molar-refractivity contribution in [3.05, 3.63) is 18.2 Å². The van der Waals surface area contributed by atoms with E-state index in [0.717, 1.165) is 19.3 Å². The number of nitrogens with one attached hydrogen (secondary N) is 1. The third-order valence-corrected chi connectivity index (χ3v) is 2.54. The van der Waals surface area contributed by atoms with E-state index in [1.54, 1.807) is 12.1 Å². The maximum absolute atomic E-state index is 12.2. The van der Waals surface area contributed by atoms with Crippen LogP contribution in [0.4, 0.5) is 14.5 Å². The van der Waals surface area contributed by atoms with Crippen molar-refractivity contribution in [1.82, 2.24) is 0 Å². The van der Waals surface area contributed by atoms with Gasteiger partial charge in [0.05, 0.1) is 7.11 Å². The Morgan fingerprint density at radius 2 is 2.00 bits per heavy atom. The predicted octanol–water partition coefficient (Wildman–Crippen LogP) is 2.87. The Morgan fingerprint density at radius 1 is 1.21 bits per heavy atom. The Balaban J connectivity index is 2.54. The molecule has 0 atom stereocenters. The van der Waals surface area contributed by atoms with Crippen LogP contribution in [0.5, 0.6) is 11.5 Å². The van der Waals surface area contributed by atoms with Crippen LogP contribution < -0.4 is 14.8 Å². The molecule has 4 nitrogen and oxygen atoms in total. The Labute approximate surface area is 111 Å². The molecule has 0 aromatic heterocycles. The van der Waals surface area contributed by atoms with Crippen molar-refractivity contribution in [2.45, 2.75) is 25.9 Å². The van der Waals surface area contributed by atoms with Crippen molar-refractivity contribution in [3.8, 4) is 11.5 Å². The summed E-state index contributed by atoms with van der Waals surface area (Å²) in [5, 5.41) is 11.7. The van der Waals surface area contributed by atoms with E-state index in [9.17, 15) is 8.78 Å². The third kappa shape index (κ3) is 5.74. The van der Waals surface area contributed by atoms with E-state index in [-0.39, 0.29) is 18.1 Å². The monoisotopic (exact) mass is 275 g/mol. The maximum atomic E-state index is 12.2. The second-order valence-corrected chi connectivity index (χ2v) is 3.96. The molecule has 0 aliphatic carbocycles. The van der Waals surface area contributed by atoms with Crippen LogP contribution in [-0.2, 0) is 0 Å². The topological polar surface area (TPSA) is 50.7 Å². The van der Waals surface area contributed by atoms with Crippen molar-refractivity contribution in [2.24, 2.45) is 0 Å².